The molecule has 0 fully saturated rings. The zero-order valence-corrected chi connectivity index (χ0v) is 28.4. The van der Waals surface area contributed by atoms with Crippen LogP contribution in [0.3, 0.4) is 0 Å². The number of hydrogen-bond acceptors (Lipinski definition) is 3. The number of aromatic nitrogens is 5. The molecule has 5 heteroatoms. The van der Waals surface area contributed by atoms with Gasteiger partial charge in [0, 0.05) is 23.5 Å². The summed E-state index contributed by atoms with van der Waals surface area (Å²) in [6, 6.07) is 64.8. The fourth-order valence-electron chi connectivity index (χ4n) is 8.19. The third kappa shape index (κ3) is 4.82. The van der Waals surface area contributed by atoms with Crippen molar-refractivity contribution in [3.63, 3.8) is 0 Å². The summed E-state index contributed by atoms with van der Waals surface area (Å²) >= 11 is 0. The van der Waals surface area contributed by atoms with E-state index in [1.54, 1.807) is 6.33 Å². The van der Waals surface area contributed by atoms with Gasteiger partial charge in [-0.05, 0) is 33.4 Å². The van der Waals surface area contributed by atoms with Gasteiger partial charge in [0.05, 0.1) is 22.7 Å². The molecule has 0 radical (unpaired) electrons. The van der Waals surface area contributed by atoms with Crippen molar-refractivity contribution in [3.8, 4) is 11.3 Å². The molecule has 9 rings (SSSR count). The Morgan fingerprint density at radius 1 is 0.462 bits per heavy atom. The summed E-state index contributed by atoms with van der Waals surface area (Å²) in [4.78, 5) is 10.3. The second-order valence-electron chi connectivity index (χ2n) is 13.0. The Hall–Kier alpha value is -6.85. The number of hydrogen-bond donors (Lipinski definition) is 1. The minimum absolute atomic E-state index is 0.772. The minimum atomic E-state index is -0.821. The zero-order valence-electron chi connectivity index (χ0n) is 28.4. The second kappa shape index (κ2) is 13.1. The van der Waals surface area contributed by atoms with Gasteiger partial charge in [-0.15, -0.1) is 0 Å². The van der Waals surface area contributed by atoms with Crippen molar-refractivity contribution in [3.05, 3.63) is 246 Å². The summed E-state index contributed by atoms with van der Waals surface area (Å²) in [7, 11) is 0. The lowest BCUT2D eigenvalue weighted by molar-refractivity contribution is 0.526. The van der Waals surface area contributed by atoms with Crippen LogP contribution >= 0.6 is 0 Å². The molecule has 5 nitrogen and oxygen atoms in total. The first-order chi connectivity index (χ1) is 25.8. The molecule has 3 aromatic heterocycles. The van der Waals surface area contributed by atoms with Crippen LogP contribution in [0.15, 0.2) is 207 Å². The summed E-state index contributed by atoms with van der Waals surface area (Å²) in [6.45, 7) is 0. The molecule has 0 amide bonds. The molecular formula is C47H35N5. The van der Waals surface area contributed by atoms with Crippen molar-refractivity contribution in [2.45, 2.75) is 11.0 Å². The predicted octanol–water partition coefficient (Wildman–Crippen LogP) is 10.0. The molecule has 0 atom stereocenters. The maximum Gasteiger partial charge on any atom is 0.145 e. The second-order valence-corrected chi connectivity index (χ2v) is 13.0. The molecule has 9 aromatic rings. The number of H-pyrrole nitrogens is 1. The van der Waals surface area contributed by atoms with Gasteiger partial charge in [0.25, 0.3) is 0 Å². The highest BCUT2D eigenvalue weighted by Gasteiger charge is 2.46. The first-order valence-corrected chi connectivity index (χ1v) is 17.5. The van der Waals surface area contributed by atoms with E-state index in [0.717, 1.165) is 61.2 Å². The molecule has 1 N–H and O–H groups in total. The molecule has 0 aliphatic carbocycles. The lowest BCUT2D eigenvalue weighted by atomic mass is 9.65. The highest BCUT2D eigenvalue weighted by Crippen LogP contribution is 2.52. The Morgan fingerprint density at radius 3 is 1.25 bits per heavy atom. The molecule has 6 aromatic carbocycles. The summed E-state index contributed by atoms with van der Waals surface area (Å²) in [5.41, 5.74) is 8.73. The maximum absolute atomic E-state index is 5.23. The van der Waals surface area contributed by atoms with Gasteiger partial charge in [0.15, 0.2) is 0 Å². The average Bonchev–Trinajstić information content (AvgIpc) is 3.91. The molecule has 0 spiro atoms. The summed E-state index contributed by atoms with van der Waals surface area (Å²) in [5.74, 6) is 0. The van der Waals surface area contributed by atoms with E-state index >= 15 is 0 Å². The Balaban J connectivity index is 1.54. The highest BCUT2D eigenvalue weighted by molar-refractivity contribution is 5.97. The summed E-state index contributed by atoms with van der Waals surface area (Å²) in [5, 5.41) is 8.37. The van der Waals surface area contributed by atoms with Crippen LogP contribution in [0.5, 0.6) is 0 Å². The number of fused-ring (bicyclic) bond motifs is 1. The Kier molecular flexibility index (Phi) is 7.86. The summed E-state index contributed by atoms with van der Waals surface area (Å²) in [6.07, 6.45) is 7.79. The zero-order chi connectivity index (χ0) is 34.8. The number of rotatable bonds is 9. The highest BCUT2D eigenvalue weighted by atomic mass is 15.1. The van der Waals surface area contributed by atoms with Crippen LogP contribution in [0.1, 0.15) is 38.9 Å². The SMILES string of the molecule is c1ccc(C(c2ccccc2)(c2ccccc2)c2cn(C(c3ccccc3)(c3ccccc3)c3ccccc3)c3ncnc(-c4cn[nH]c4)c23)cc1. The molecule has 3 heterocycles. The van der Waals surface area contributed by atoms with Crippen molar-refractivity contribution in [1.82, 2.24) is 24.7 Å². The van der Waals surface area contributed by atoms with Gasteiger partial charge in [0.2, 0.25) is 0 Å². The third-order valence-electron chi connectivity index (χ3n) is 10.3. The monoisotopic (exact) mass is 669 g/mol. The van der Waals surface area contributed by atoms with Gasteiger partial charge in [-0.2, -0.15) is 5.10 Å². The van der Waals surface area contributed by atoms with Gasteiger partial charge in [0.1, 0.15) is 17.5 Å². The van der Waals surface area contributed by atoms with E-state index in [1.807, 2.05) is 12.4 Å². The van der Waals surface area contributed by atoms with E-state index in [1.165, 1.54) is 0 Å². The first kappa shape index (κ1) is 31.2. The van der Waals surface area contributed by atoms with Crippen LogP contribution in [0.2, 0.25) is 0 Å². The fraction of sp³-hybridized carbons (Fsp3) is 0.0426. The van der Waals surface area contributed by atoms with Crippen molar-refractivity contribution in [2.24, 2.45) is 0 Å². The van der Waals surface area contributed by atoms with Crippen LogP contribution < -0.4 is 0 Å². The van der Waals surface area contributed by atoms with Crippen LogP contribution in [-0.4, -0.2) is 24.7 Å². The van der Waals surface area contributed by atoms with Crippen LogP contribution in [0, 0.1) is 0 Å². The standard InChI is InChI=1S/C47H35N5/c1-7-19-36(20-8-1)46(37-21-9-2-10-22-37,38-23-11-3-12-24-38)42-33-52(45-43(42)44(48-34-49-45)35-31-50-51-32-35)47(39-25-13-4-14-26-39,40-27-15-5-16-28-40)41-29-17-6-18-30-41/h1-34H,(H,50,51). The van der Waals surface area contributed by atoms with Gasteiger partial charge in [-0.25, -0.2) is 9.97 Å². The number of nitrogens with one attached hydrogen (secondary N) is 1. The summed E-state index contributed by atoms with van der Waals surface area (Å²) < 4.78 is 2.40. The Morgan fingerprint density at radius 2 is 0.865 bits per heavy atom. The van der Waals surface area contributed by atoms with Gasteiger partial charge >= 0.3 is 0 Å². The normalized spacial score (nSPS) is 11.8. The van der Waals surface area contributed by atoms with Gasteiger partial charge in [-0.1, -0.05) is 182 Å². The largest absolute Gasteiger partial charge is 0.314 e. The minimum Gasteiger partial charge on any atom is -0.314 e. The van der Waals surface area contributed by atoms with Gasteiger partial charge < -0.3 is 4.57 Å². The van der Waals surface area contributed by atoms with Crippen molar-refractivity contribution in [1.29, 1.82) is 0 Å². The Labute approximate surface area is 302 Å². The fourth-order valence-corrected chi connectivity index (χ4v) is 8.19. The lowest BCUT2D eigenvalue weighted by Gasteiger charge is -2.39. The van der Waals surface area contributed by atoms with Crippen molar-refractivity contribution >= 4 is 11.0 Å². The molecule has 52 heavy (non-hydrogen) atoms. The van der Waals surface area contributed by atoms with Crippen LogP contribution in [0.25, 0.3) is 22.3 Å². The quantitative estimate of drug-likeness (QED) is 0.156. The van der Waals surface area contributed by atoms with E-state index in [0.29, 0.717) is 0 Å². The lowest BCUT2D eigenvalue weighted by Crippen LogP contribution is -2.38. The molecule has 248 valence electrons. The van der Waals surface area contributed by atoms with E-state index in [4.69, 9.17) is 9.97 Å². The van der Waals surface area contributed by atoms with Crippen molar-refractivity contribution < 1.29 is 0 Å². The molecule has 0 aliphatic rings. The number of benzene rings is 6. The number of aromatic amines is 1. The molecular weight excluding hydrogens is 635 g/mol. The van der Waals surface area contributed by atoms with E-state index < -0.39 is 11.0 Å². The van der Waals surface area contributed by atoms with Crippen LogP contribution in [-0.2, 0) is 11.0 Å². The topological polar surface area (TPSA) is 59.4 Å². The van der Waals surface area contributed by atoms with Crippen molar-refractivity contribution in [2.75, 3.05) is 0 Å². The van der Waals surface area contributed by atoms with Crippen LogP contribution in [0.4, 0.5) is 0 Å². The molecule has 0 saturated carbocycles. The van der Waals surface area contributed by atoms with E-state index in [2.05, 4.69) is 203 Å². The third-order valence-corrected chi connectivity index (χ3v) is 10.3. The predicted molar refractivity (Wildman–Crippen MR) is 208 cm³/mol. The van der Waals surface area contributed by atoms with Gasteiger partial charge in [-0.3, -0.25) is 5.10 Å². The molecule has 0 bridgehead atoms. The molecule has 0 unspecified atom stereocenters. The number of nitrogens with zero attached hydrogens (tertiary/aromatic N) is 4. The van der Waals surface area contributed by atoms with E-state index in [9.17, 15) is 0 Å². The Bertz CT molecular complexity index is 2340. The maximum atomic E-state index is 5.23. The average molecular weight is 670 g/mol. The van der Waals surface area contributed by atoms with E-state index in [-0.39, 0.29) is 0 Å². The molecule has 0 aliphatic heterocycles. The molecule has 0 saturated heterocycles. The smallest absolute Gasteiger partial charge is 0.145 e. The first-order valence-electron chi connectivity index (χ1n) is 17.5.